The summed E-state index contributed by atoms with van der Waals surface area (Å²) in [6.45, 7) is 2.48. The lowest BCUT2D eigenvalue weighted by molar-refractivity contribution is 0.0499. The molecule has 5 heteroatoms. The number of cyclic esters (lactones) is 1. The summed E-state index contributed by atoms with van der Waals surface area (Å²) in [6.07, 6.45) is 0.0568. The summed E-state index contributed by atoms with van der Waals surface area (Å²) in [5, 5.41) is 12.7. The van der Waals surface area contributed by atoms with Gasteiger partial charge in [0.05, 0.1) is 18.7 Å². The molecule has 2 aliphatic rings. The Bertz CT molecular complexity index is 210. The number of hydrogen-bond donors (Lipinski definition) is 2. The van der Waals surface area contributed by atoms with Crippen LogP contribution in [0.25, 0.3) is 0 Å². The summed E-state index contributed by atoms with van der Waals surface area (Å²) in [4.78, 5) is 12.8. The third-order valence-corrected chi connectivity index (χ3v) is 2.61. The van der Waals surface area contributed by atoms with Gasteiger partial charge < -0.3 is 15.2 Å². The lowest BCUT2D eigenvalue weighted by atomic mass is 10.0. The minimum atomic E-state index is -0.459. The molecule has 2 aliphatic heterocycles. The quantitative estimate of drug-likeness (QED) is 0.560. The van der Waals surface area contributed by atoms with Crippen LogP contribution >= 0.6 is 0 Å². The van der Waals surface area contributed by atoms with E-state index in [0.717, 1.165) is 13.0 Å². The van der Waals surface area contributed by atoms with Crippen LogP contribution in [0.3, 0.4) is 0 Å². The van der Waals surface area contributed by atoms with Crippen LogP contribution in [0.2, 0.25) is 0 Å². The van der Waals surface area contributed by atoms with Crippen molar-refractivity contribution in [3.8, 4) is 0 Å². The molecule has 0 aromatic carbocycles. The molecule has 5 nitrogen and oxygen atoms in total. The molecule has 2 atom stereocenters. The third kappa shape index (κ3) is 1.62. The normalized spacial score (nSPS) is 34.8. The second kappa shape index (κ2) is 3.51. The van der Waals surface area contributed by atoms with E-state index < -0.39 is 6.10 Å². The first-order chi connectivity index (χ1) is 6.29. The van der Waals surface area contributed by atoms with Crippen molar-refractivity contribution in [1.29, 1.82) is 0 Å². The predicted octanol–water partition coefficient (Wildman–Crippen LogP) is -0.839. The molecular formula is C8H14N2O3. The van der Waals surface area contributed by atoms with Crippen molar-refractivity contribution in [2.24, 2.45) is 0 Å². The maximum Gasteiger partial charge on any atom is 0.410 e. The average molecular weight is 186 g/mol. The second-order valence-corrected chi connectivity index (χ2v) is 3.44. The zero-order valence-corrected chi connectivity index (χ0v) is 7.40. The van der Waals surface area contributed by atoms with Gasteiger partial charge in [0.25, 0.3) is 0 Å². The summed E-state index contributed by atoms with van der Waals surface area (Å²) in [5.41, 5.74) is 0. The van der Waals surface area contributed by atoms with Crippen molar-refractivity contribution in [3.63, 3.8) is 0 Å². The first kappa shape index (κ1) is 8.77. The zero-order valence-electron chi connectivity index (χ0n) is 7.40. The monoisotopic (exact) mass is 186 g/mol. The van der Waals surface area contributed by atoms with E-state index in [2.05, 4.69) is 5.32 Å². The number of β-amino-alcohol motifs (C(OH)–C–C–N with tert-alkyl or cyclic N) is 1. The molecule has 0 radical (unpaired) electrons. The third-order valence-electron chi connectivity index (χ3n) is 2.61. The number of aliphatic hydroxyl groups is 1. The Balaban J connectivity index is 2.01. The Hall–Kier alpha value is -0.810. The number of rotatable bonds is 1. The molecule has 0 aliphatic carbocycles. The highest BCUT2D eigenvalue weighted by atomic mass is 16.6. The minimum Gasteiger partial charge on any atom is -0.448 e. The van der Waals surface area contributed by atoms with Crippen LogP contribution in [-0.4, -0.2) is 54.5 Å². The van der Waals surface area contributed by atoms with Gasteiger partial charge in [-0.3, -0.25) is 4.90 Å². The molecule has 2 N–H and O–H groups in total. The highest BCUT2D eigenvalue weighted by Crippen LogP contribution is 2.16. The summed E-state index contributed by atoms with van der Waals surface area (Å²) in [6, 6.07) is -0.0590. The Kier molecular flexibility index (Phi) is 2.37. The SMILES string of the molecule is O=C1OCCN1[C@H]1CCNC[C@@H]1O. The molecule has 2 fully saturated rings. The van der Waals surface area contributed by atoms with E-state index in [4.69, 9.17) is 4.74 Å². The fourth-order valence-electron chi connectivity index (χ4n) is 1.90. The number of aliphatic hydroxyl groups excluding tert-OH is 1. The molecule has 0 saturated carbocycles. The number of piperidine rings is 1. The molecule has 74 valence electrons. The standard InChI is InChI=1S/C8H14N2O3/c11-7-5-9-2-1-6(7)10-3-4-13-8(10)12/h6-7,9,11H,1-5H2/t6-,7-/m0/s1. The molecule has 1 amide bonds. The number of carbonyl (C=O) groups excluding carboxylic acids is 1. The fourth-order valence-corrected chi connectivity index (χ4v) is 1.90. The van der Waals surface area contributed by atoms with Crippen LogP contribution in [0.15, 0.2) is 0 Å². The Labute approximate surface area is 76.7 Å². The summed E-state index contributed by atoms with van der Waals surface area (Å²) in [5.74, 6) is 0. The van der Waals surface area contributed by atoms with E-state index in [0.29, 0.717) is 19.7 Å². The number of ether oxygens (including phenoxy) is 1. The van der Waals surface area contributed by atoms with Gasteiger partial charge in [0, 0.05) is 6.54 Å². The summed E-state index contributed by atoms with van der Waals surface area (Å²) < 4.78 is 4.82. The number of amides is 1. The van der Waals surface area contributed by atoms with Crippen molar-refractivity contribution in [1.82, 2.24) is 10.2 Å². The maximum absolute atomic E-state index is 11.2. The fraction of sp³-hybridized carbons (Fsp3) is 0.875. The molecule has 0 aromatic rings. The van der Waals surface area contributed by atoms with Crippen LogP contribution in [0.1, 0.15) is 6.42 Å². The van der Waals surface area contributed by atoms with Gasteiger partial charge >= 0.3 is 6.09 Å². The van der Waals surface area contributed by atoms with Crippen molar-refractivity contribution in [2.45, 2.75) is 18.6 Å². The molecule has 2 saturated heterocycles. The van der Waals surface area contributed by atoms with E-state index in [1.54, 1.807) is 4.90 Å². The van der Waals surface area contributed by atoms with Gasteiger partial charge in [-0.15, -0.1) is 0 Å². The highest BCUT2D eigenvalue weighted by Gasteiger charge is 2.35. The van der Waals surface area contributed by atoms with Gasteiger partial charge in [-0.05, 0) is 13.0 Å². The molecule has 0 aromatic heterocycles. The van der Waals surface area contributed by atoms with Crippen LogP contribution in [-0.2, 0) is 4.74 Å². The van der Waals surface area contributed by atoms with Crippen molar-refractivity contribution >= 4 is 6.09 Å². The van der Waals surface area contributed by atoms with Crippen LogP contribution in [0, 0.1) is 0 Å². The molecule has 2 heterocycles. The largest absolute Gasteiger partial charge is 0.448 e. The van der Waals surface area contributed by atoms with Gasteiger partial charge in [-0.2, -0.15) is 0 Å². The number of carbonyl (C=O) groups is 1. The van der Waals surface area contributed by atoms with E-state index >= 15 is 0 Å². The van der Waals surface area contributed by atoms with Gasteiger partial charge in [-0.1, -0.05) is 0 Å². The zero-order chi connectivity index (χ0) is 9.26. The molecular weight excluding hydrogens is 172 g/mol. The smallest absolute Gasteiger partial charge is 0.410 e. The summed E-state index contributed by atoms with van der Waals surface area (Å²) >= 11 is 0. The Morgan fingerprint density at radius 3 is 3.08 bits per heavy atom. The minimum absolute atomic E-state index is 0.0590. The van der Waals surface area contributed by atoms with E-state index in [9.17, 15) is 9.90 Å². The molecule has 2 rings (SSSR count). The lowest BCUT2D eigenvalue weighted by Gasteiger charge is -2.33. The predicted molar refractivity (Wildman–Crippen MR) is 45.3 cm³/mol. The van der Waals surface area contributed by atoms with E-state index in [1.165, 1.54) is 0 Å². The molecule has 13 heavy (non-hydrogen) atoms. The van der Waals surface area contributed by atoms with E-state index in [1.807, 2.05) is 0 Å². The molecule has 0 spiro atoms. The van der Waals surface area contributed by atoms with Crippen molar-refractivity contribution in [2.75, 3.05) is 26.2 Å². The lowest BCUT2D eigenvalue weighted by Crippen LogP contribution is -2.53. The number of nitrogens with zero attached hydrogens (tertiary/aromatic N) is 1. The highest BCUT2D eigenvalue weighted by molar-refractivity contribution is 5.69. The van der Waals surface area contributed by atoms with Crippen LogP contribution in [0.4, 0.5) is 4.79 Å². The van der Waals surface area contributed by atoms with Crippen molar-refractivity contribution < 1.29 is 14.6 Å². The van der Waals surface area contributed by atoms with Crippen molar-refractivity contribution in [3.05, 3.63) is 0 Å². The average Bonchev–Trinajstić information content (AvgIpc) is 2.52. The van der Waals surface area contributed by atoms with E-state index in [-0.39, 0.29) is 12.1 Å². The van der Waals surface area contributed by atoms with Gasteiger partial charge in [0.2, 0.25) is 0 Å². The van der Waals surface area contributed by atoms with Gasteiger partial charge in [0.1, 0.15) is 6.61 Å². The topological polar surface area (TPSA) is 61.8 Å². The Morgan fingerprint density at radius 1 is 1.62 bits per heavy atom. The molecule has 0 bridgehead atoms. The number of nitrogens with one attached hydrogen (secondary N) is 1. The van der Waals surface area contributed by atoms with Crippen LogP contribution in [0.5, 0.6) is 0 Å². The van der Waals surface area contributed by atoms with Gasteiger partial charge in [-0.25, -0.2) is 4.79 Å². The number of hydrogen-bond acceptors (Lipinski definition) is 4. The van der Waals surface area contributed by atoms with Gasteiger partial charge in [0.15, 0.2) is 0 Å². The first-order valence-electron chi connectivity index (χ1n) is 4.61. The van der Waals surface area contributed by atoms with Crippen LogP contribution < -0.4 is 5.32 Å². The first-order valence-corrected chi connectivity index (χ1v) is 4.61. The summed E-state index contributed by atoms with van der Waals surface area (Å²) in [7, 11) is 0. The Morgan fingerprint density at radius 2 is 2.46 bits per heavy atom. The second-order valence-electron chi connectivity index (χ2n) is 3.44. The molecule has 0 unspecified atom stereocenters. The maximum atomic E-state index is 11.2.